The molecule has 0 aliphatic rings. The van der Waals surface area contributed by atoms with Crippen LogP contribution < -0.4 is 15.2 Å². The second kappa shape index (κ2) is 6.52. The summed E-state index contributed by atoms with van der Waals surface area (Å²) in [5.74, 6) is 3.07. The highest BCUT2D eigenvalue weighted by Gasteiger charge is 2.19. The second-order valence-electron chi connectivity index (χ2n) is 5.15. The maximum Gasteiger partial charge on any atom is 0.175 e. The molecule has 1 atom stereocenters. The van der Waals surface area contributed by atoms with Gasteiger partial charge in [-0.05, 0) is 23.6 Å². The average molecular weight is 290 g/mol. The predicted molar refractivity (Wildman–Crippen MR) is 82.6 cm³/mol. The maximum absolute atomic E-state index is 5.98. The molecule has 5 heteroatoms. The Morgan fingerprint density at radius 2 is 1.95 bits per heavy atom. The summed E-state index contributed by atoms with van der Waals surface area (Å²) in [6, 6.07) is 5.68. The summed E-state index contributed by atoms with van der Waals surface area (Å²) < 4.78 is 16.0. The van der Waals surface area contributed by atoms with E-state index in [9.17, 15) is 0 Å². The van der Waals surface area contributed by atoms with E-state index < -0.39 is 0 Å². The van der Waals surface area contributed by atoms with Crippen LogP contribution in [-0.2, 0) is 6.42 Å². The fourth-order valence-corrected chi connectivity index (χ4v) is 2.24. The number of aromatic nitrogens is 1. The normalized spacial score (nSPS) is 12.2. The second-order valence-corrected chi connectivity index (χ2v) is 5.15. The first-order valence-electron chi connectivity index (χ1n) is 7.07. The van der Waals surface area contributed by atoms with Gasteiger partial charge in [-0.25, -0.2) is 0 Å². The van der Waals surface area contributed by atoms with Crippen LogP contribution in [0.1, 0.15) is 26.0 Å². The van der Waals surface area contributed by atoms with E-state index in [1.54, 1.807) is 14.2 Å². The maximum atomic E-state index is 5.98. The number of hydrogen-bond donors (Lipinski definition) is 1. The molecular weight excluding hydrogens is 268 g/mol. The molecule has 0 spiro atoms. The first-order valence-corrected chi connectivity index (χ1v) is 7.07. The molecule has 2 N–H and O–H groups in total. The molecule has 0 radical (unpaired) electrons. The molecule has 0 aliphatic carbocycles. The van der Waals surface area contributed by atoms with Gasteiger partial charge in [0.05, 0.1) is 19.8 Å². The van der Waals surface area contributed by atoms with E-state index in [4.69, 9.17) is 19.7 Å². The topological polar surface area (TPSA) is 70.5 Å². The van der Waals surface area contributed by atoms with Crippen LogP contribution in [0.3, 0.4) is 0 Å². The molecule has 1 heterocycles. The molecule has 5 nitrogen and oxygen atoms in total. The van der Waals surface area contributed by atoms with Gasteiger partial charge < -0.3 is 19.7 Å². The van der Waals surface area contributed by atoms with Crippen LogP contribution in [0.2, 0.25) is 0 Å². The summed E-state index contributed by atoms with van der Waals surface area (Å²) in [5, 5.41) is 3.91. The fourth-order valence-electron chi connectivity index (χ4n) is 2.24. The summed E-state index contributed by atoms with van der Waals surface area (Å²) in [6.45, 7) is 4.33. The minimum atomic E-state index is 0.403. The van der Waals surface area contributed by atoms with E-state index in [2.05, 4.69) is 19.0 Å². The lowest BCUT2D eigenvalue weighted by Crippen LogP contribution is -1.99. The number of rotatable bonds is 6. The Hall–Kier alpha value is -2.17. The Labute approximate surface area is 125 Å². The summed E-state index contributed by atoms with van der Waals surface area (Å²) >= 11 is 0. The minimum Gasteiger partial charge on any atom is -0.493 e. The summed E-state index contributed by atoms with van der Waals surface area (Å²) in [7, 11) is 3.22. The summed E-state index contributed by atoms with van der Waals surface area (Å²) in [5.41, 5.74) is 7.74. The van der Waals surface area contributed by atoms with E-state index in [1.807, 2.05) is 18.2 Å². The zero-order valence-electron chi connectivity index (χ0n) is 13.0. The Morgan fingerprint density at radius 3 is 2.57 bits per heavy atom. The van der Waals surface area contributed by atoms with Gasteiger partial charge in [0.2, 0.25) is 0 Å². The number of anilines is 1. The van der Waals surface area contributed by atoms with Crippen molar-refractivity contribution < 1.29 is 14.0 Å². The van der Waals surface area contributed by atoms with Crippen molar-refractivity contribution in [2.24, 2.45) is 5.92 Å². The Balaban J connectivity index is 2.44. The minimum absolute atomic E-state index is 0.403. The lowest BCUT2D eigenvalue weighted by Gasteiger charge is -2.11. The van der Waals surface area contributed by atoms with Gasteiger partial charge in [-0.2, -0.15) is 0 Å². The number of methoxy groups -OCH3 is 2. The average Bonchev–Trinajstić information content (AvgIpc) is 2.87. The number of hydrogen-bond acceptors (Lipinski definition) is 5. The van der Waals surface area contributed by atoms with Gasteiger partial charge in [-0.15, -0.1) is 0 Å². The van der Waals surface area contributed by atoms with E-state index in [1.165, 1.54) is 0 Å². The highest BCUT2D eigenvalue weighted by atomic mass is 16.5. The van der Waals surface area contributed by atoms with Crippen molar-refractivity contribution in [2.75, 3.05) is 20.0 Å². The number of nitrogen functional groups attached to an aromatic ring is 1. The third-order valence-electron chi connectivity index (χ3n) is 3.69. The number of ether oxygens (including phenoxy) is 2. The molecule has 2 rings (SSSR count). The fraction of sp³-hybridized carbons (Fsp3) is 0.438. The van der Waals surface area contributed by atoms with Crippen LogP contribution in [0.25, 0.3) is 11.1 Å². The van der Waals surface area contributed by atoms with Crippen LogP contribution in [0, 0.1) is 5.92 Å². The smallest absolute Gasteiger partial charge is 0.175 e. The van der Waals surface area contributed by atoms with Crippen molar-refractivity contribution in [2.45, 2.75) is 26.7 Å². The highest BCUT2D eigenvalue weighted by molar-refractivity contribution is 5.77. The van der Waals surface area contributed by atoms with Crippen LogP contribution in [0.15, 0.2) is 22.7 Å². The number of nitrogens with zero attached hydrogens (tertiary/aromatic N) is 1. The van der Waals surface area contributed by atoms with Crippen molar-refractivity contribution in [1.29, 1.82) is 0 Å². The molecule has 0 saturated heterocycles. The Bertz CT molecular complexity index is 608. The zero-order valence-corrected chi connectivity index (χ0v) is 13.0. The molecule has 0 fully saturated rings. The first-order chi connectivity index (χ1) is 10.1. The van der Waals surface area contributed by atoms with Gasteiger partial charge in [-0.3, -0.25) is 0 Å². The molecular formula is C16H22N2O3. The van der Waals surface area contributed by atoms with E-state index >= 15 is 0 Å². The van der Waals surface area contributed by atoms with Crippen molar-refractivity contribution >= 4 is 5.82 Å². The molecule has 0 amide bonds. The molecule has 1 unspecified atom stereocenters. The van der Waals surface area contributed by atoms with Gasteiger partial charge in [0.1, 0.15) is 5.76 Å². The van der Waals surface area contributed by atoms with Crippen molar-refractivity contribution in [3.05, 3.63) is 24.0 Å². The van der Waals surface area contributed by atoms with Gasteiger partial charge in [0.25, 0.3) is 0 Å². The van der Waals surface area contributed by atoms with Crippen LogP contribution in [-0.4, -0.2) is 19.4 Å². The number of benzene rings is 1. The predicted octanol–water partition coefficient (Wildman–Crippen LogP) is 3.53. The van der Waals surface area contributed by atoms with Gasteiger partial charge in [0.15, 0.2) is 17.3 Å². The third kappa shape index (κ3) is 3.12. The monoisotopic (exact) mass is 290 g/mol. The molecule has 0 aliphatic heterocycles. The third-order valence-corrected chi connectivity index (χ3v) is 3.69. The lowest BCUT2D eigenvalue weighted by atomic mass is 9.97. The zero-order chi connectivity index (χ0) is 15.4. The van der Waals surface area contributed by atoms with Crippen molar-refractivity contribution in [1.82, 2.24) is 5.16 Å². The first kappa shape index (κ1) is 15.2. The SMILES string of the molecule is CCC(C)Cc1onc(N)c1-c1ccc(OC)c(OC)c1. The van der Waals surface area contributed by atoms with Crippen molar-refractivity contribution in [3.63, 3.8) is 0 Å². The van der Waals surface area contributed by atoms with Crippen LogP contribution in [0.4, 0.5) is 5.82 Å². The molecule has 2 aromatic rings. The van der Waals surface area contributed by atoms with Crippen LogP contribution >= 0.6 is 0 Å². The van der Waals surface area contributed by atoms with E-state index in [-0.39, 0.29) is 0 Å². The van der Waals surface area contributed by atoms with E-state index in [0.29, 0.717) is 23.2 Å². The Morgan fingerprint density at radius 1 is 1.24 bits per heavy atom. The van der Waals surface area contributed by atoms with Gasteiger partial charge in [0, 0.05) is 6.42 Å². The summed E-state index contributed by atoms with van der Waals surface area (Å²) in [4.78, 5) is 0. The highest BCUT2D eigenvalue weighted by Crippen LogP contribution is 2.37. The van der Waals surface area contributed by atoms with Crippen LogP contribution in [0.5, 0.6) is 11.5 Å². The molecule has 114 valence electrons. The summed E-state index contributed by atoms with van der Waals surface area (Å²) in [6.07, 6.45) is 1.89. The molecule has 0 saturated carbocycles. The quantitative estimate of drug-likeness (QED) is 0.881. The molecule has 1 aromatic heterocycles. The molecule has 1 aromatic carbocycles. The molecule has 0 bridgehead atoms. The lowest BCUT2D eigenvalue weighted by molar-refractivity contribution is 0.355. The molecule has 21 heavy (non-hydrogen) atoms. The van der Waals surface area contributed by atoms with Crippen molar-refractivity contribution in [3.8, 4) is 22.6 Å². The van der Waals surface area contributed by atoms with Gasteiger partial charge in [-0.1, -0.05) is 31.5 Å². The Kier molecular flexibility index (Phi) is 4.73. The van der Waals surface area contributed by atoms with Gasteiger partial charge >= 0.3 is 0 Å². The largest absolute Gasteiger partial charge is 0.493 e. The number of nitrogens with two attached hydrogens (primary N) is 1. The van der Waals surface area contributed by atoms with E-state index in [0.717, 1.165) is 29.7 Å². The standard InChI is InChI=1S/C16H22N2O3/c1-5-10(2)8-14-15(16(17)18-21-14)11-6-7-12(19-3)13(9-11)20-4/h6-7,9-10H,5,8H2,1-4H3,(H2,17,18).